The van der Waals surface area contributed by atoms with Crippen molar-refractivity contribution in [2.24, 2.45) is 0 Å². The van der Waals surface area contributed by atoms with Crippen LogP contribution in [-0.4, -0.2) is 86.1 Å². The molecule has 2 aromatic rings. The van der Waals surface area contributed by atoms with Crippen molar-refractivity contribution >= 4 is 23.2 Å². The molecular weight excluding hydrogens is 366 g/mol. The highest BCUT2D eigenvalue weighted by Gasteiger charge is 2.14. The fourth-order valence-electron chi connectivity index (χ4n) is 3.18. The number of piperazine rings is 1. The molecule has 0 radical (unpaired) electrons. The summed E-state index contributed by atoms with van der Waals surface area (Å²) in [6, 6.07) is 9.88. The van der Waals surface area contributed by atoms with Gasteiger partial charge in [0.2, 0.25) is 5.95 Å². The molecule has 8 nitrogen and oxygen atoms in total. The molecule has 8 heteroatoms. The van der Waals surface area contributed by atoms with Crippen molar-refractivity contribution in [3.05, 3.63) is 42.2 Å². The molecule has 0 atom stereocenters. The van der Waals surface area contributed by atoms with Crippen molar-refractivity contribution in [2.45, 2.75) is 6.42 Å². The van der Waals surface area contributed by atoms with E-state index < -0.39 is 0 Å². The summed E-state index contributed by atoms with van der Waals surface area (Å²) in [7, 11) is 6.19. The lowest BCUT2D eigenvalue weighted by Gasteiger charge is -2.34. The smallest absolute Gasteiger partial charge is 0.270 e. The van der Waals surface area contributed by atoms with Crippen LogP contribution in [0.15, 0.2) is 36.5 Å². The number of benzene rings is 1. The Morgan fingerprint density at radius 1 is 1.10 bits per heavy atom. The van der Waals surface area contributed by atoms with Gasteiger partial charge in [0, 0.05) is 50.3 Å². The zero-order valence-corrected chi connectivity index (χ0v) is 17.6. The lowest BCUT2D eigenvalue weighted by Crippen LogP contribution is -2.44. The number of anilines is 3. The molecule has 29 heavy (non-hydrogen) atoms. The maximum absolute atomic E-state index is 12.3. The van der Waals surface area contributed by atoms with Gasteiger partial charge in [-0.2, -0.15) is 0 Å². The van der Waals surface area contributed by atoms with Gasteiger partial charge >= 0.3 is 0 Å². The second kappa shape index (κ2) is 10.2. The first-order chi connectivity index (χ1) is 14.0. The van der Waals surface area contributed by atoms with Crippen LogP contribution in [0.1, 0.15) is 16.9 Å². The van der Waals surface area contributed by atoms with Crippen LogP contribution in [0.4, 0.5) is 17.3 Å². The van der Waals surface area contributed by atoms with Crippen LogP contribution < -0.4 is 15.5 Å². The van der Waals surface area contributed by atoms with Crippen LogP contribution in [0.5, 0.6) is 0 Å². The maximum atomic E-state index is 12.3. The summed E-state index contributed by atoms with van der Waals surface area (Å²) < 4.78 is 0. The zero-order valence-electron chi connectivity index (χ0n) is 17.6. The van der Waals surface area contributed by atoms with Gasteiger partial charge in [-0.05, 0) is 64.4 Å². The molecule has 1 aliphatic rings. The van der Waals surface area contributed by atoms with Gasteiger partial charge in [-0.25, -0.2) is 9.97 Å². The van der Waals surface area contributed by atoms with Gasteiger partial charge in [0.15, 0.2) is 0 Å². The second-order valence-corrected chi connectivity index (χ2v) is 7.64. The van der Waals surface area contributed by atoms with Crippen molar-refractivity contribution in [3.63, 3.8) is 0 Å². The van der Waals surface area contributed by atoms with E-state index in [-0.39, 0.29) is 5.91 Å². The minimum Gasteiger partial charge on any atom is -0.369 e. The second-order valence-electron chi connectivity index (χ2n) is 7.64. The zero-order chi connectivity index (χ0) is 20.6. The summed E-state index contributed by atoms with van der Waals surface area (Å²) >= 11 is 0. The van der Waals surface area contributed by atoms with Crippen LogP contribution in [0.2, 0.25) is 0 Å². The van der Waals surface area contributed by atoms with Gasteiger partial charge in [0.1, 0.15) is 5.69 Å². The van der Waals surface area contributed by atoms with Crippen molar-refractivity contribution in [3.8, 4) is 0 Å². The summed E-state index contributed by atoms with van der Waals surface area (Å²) in [5.41, 5.74) is 2.48. The van der Waals surface area contributed by atoms with E-state index in [0.717, 1.165) is 44.8 Å². The van der Waals surface area contributed by atoms with Crippen molar-refractivity contribution in [2.75, 3.05) is 70.6 Å². The van der Waals surface area contributed by atoms with Gasteiger partial charge < -0.3 is 25.3 Å². The fourth-order valence-corrected chi connectivity index (χ4v) is 3.18. The number of nitrogens with zero attached hydrogens (tertiary/aromatic N) is 5. The number of carbonyl (C=O) groups is 1. The monoisotopic (exact) mass is 397 g/mol. The third-order valence-corrected chi connectivity index (χ3v) is 4.95. The first kappa shape index (κ1) is 21.0. The normalized spacial score (nSPS) is 14.8. The Hall–Kier alpha value is -2.71. The van der Waals surface area contributed by atoms with Gasteiger partial charge in [-0.3, -0.25) is 4.79 Å². The Morgan fingerprint density at radius 2 is 1.83 bits per heavy atom. The number of likely N-dealkylation sites (N-methyl/N-ethyl adjacent to an activating group) is 1. The molecule has 1 saturated heterocycles. The molecule has 1 aliphatic heterocycles. The molecule has 2 heterocycles. The Balaban J connectivity index is 1.55. The molecule has 0 bridgehead atoms. The first-order valence-electron chi connectivity index (χ1n) is 10.1. The van der Waals surface area contributed by atoms with Crippen LogP contribution in [-0.2, 0) is 0 Å². The molecule has 0 aliphatic carbocycles. The van der Waals surface area contributed by atoms with Crippen LogP contribution in [0, 0.1) is 0 Å². The Kier molecular flexibility index (Phi) is 7.37. The average molecular weight is 398 g/mol. The van der Waals surface area contributed by atoms with E-state index in [0.29, 0.717) is 18.2 Å². The molecule has 156 valence electrons. The third kappa shape index (κ3) is 6.40. The lowest BCUT2D eigenvalue weighted by molar-refractivity contribution is 0.0947. The minimum atomic E-state index is -0.181. The van der Waals surface area contributed by atoms with Crippen molar-refractivity contribution in [1.29, 1.82) is 0 Å². The SMILES string of the molecule is CN(C)CCCNC(=O)c1ccnc(Nc2ccc(N3CCN(C)CC3)cc2)n1. The molecule has 0 unspecified atom stereocenters. The van der Waals surface area contributed by atoms with Gasteiger partial charge in [0.05, 0.1) is 0 Å². The summed E-state index contributed by atoms with van der Waals surface area (Å²) in [4.78, 5) is 27.7. The first-order valence-corrected chi connectivity index (χ1v) is 10.1. The van der Waals surface area contributed by atoms with E-state index >= 15 is 0 Å². The summed E-state index contributed by atoms with van der Waals surface area (Å²) in [5.74, 6) is 0.234. The predicted octanol–water partition coefficient (Wildman–Crippen LogP) is 1.65. The molecule has 0 saturated carbocycles. The van der Waals surface area contributed by atoms with Crippen LogP contribution in [0.3, 0.4) is 0 Å². The van der Waals surface area contributed by atoms with E-state index in [9.17, 15) is 4.79 Å². The number of amides is 1. The highest BCUT2D eigenvalue weighted by atomic mass is 16.1. The number of carbonyl (C=O) groups excluding carboxylic acids is 1. The van der Waals surface area contributed by atoms with E-state index in [1.165, 1.54) is 5.69 Å². The van der Waals surface area contributed by atoms with E-state index in [4.69, 9.17) is 0 Å². The van der Waals surface area contributed by atoms with E-state index in [1.54, 1.807) is 12.3 Å². The molecular formula is C21H31N7O. The summed E-state index contributed by atoms with van der Waals surface area (Å²) in [6.45, 7) is 5.80. The maximum Gasteiger partial charge on any atom is 0.270 e. The van der Waals surface area contributed by atoms with Crippen molar-refractivity contribution in [1.82, 2.24) is 25.1 Å². The molecule has 1 amide bonds. The Bertz CT molecular complexity index is 786. The summed E-state index contributed by atoms with van der Waals surface area (Å²) in [6.07, 6.45) is 2.50. The molecule has 1 aromatic carbocycles. The number of nitrogens with one attached hydrogen (secondary N) is 2. The van der Waals surface area contributed by atoms with E-state index in [2.05, 4.69) is 54.5 Å². The van der Waals surface area contributed by atoms with E-state index in [1.807, 2.05) is 26.2 Å². The number of aromatic nitrogens is 2. The fraction of sp³-hybridized carbons (Fsp3) is 0.476. The Labute approximate surface area is 172 Å². The summed E-state index contributed by atoms with van der Waals surface area (Å²) in [5, 5.41) is 6.08. The van der Waals surface area contributed by atoms with Crippen LogP contribution >= 0.6 is 0 Å². The quantitative estimate of drug-likeness (QED) is 0.656. The topological polar surface area (TPSA) is 76.6 Å². The molecule has 1 fully saturated rings. The number of rotatable bonds is 8. The third-order valence-electron chi connectivity index (χ3n) is 4.95. The standard InChI is InChI=1S/C21H31N7O/c1-26(2)12-4-10-22-20(29)19-9-11-23-21(25-19)24-17-5-7-18(8-6-17)28-15-13-27(3)14-16-28/h5-9,11H,4,10,12-16H2,1-3H3,(H,22,29)(H,23,24,25). The highest BCUT2D eigenvalue weighted by molar-refractivity contribution is 5.92. The average Bonchev–Trinajstić information content (AvgIpc) is 2.72. The Morgan fingerprint density at radius 3 is 2.52 bits per heavy atom. The van der Waals surface area contributed by atoms with Crippen molar-refractivity contribution < 1.29 is 4.79 Å². The highest BCUT2D eigenvalue weighted by Crippen LogP contribution is 2.21. The predicted molar refractivity (Wildman–Crippen MR) is 117 cm³/mol. The van der Waals surface area contributed by atoms with Gasteiger partial charge in [0.25, 0.3) is 5.91 Å². The van der Waals surface area contributed by atoms with Crippen LogP contribution in [0.25, 0.3) is 0 Å². The minimum absolute atomic E-state index is 0.181. The number of hydrogen-bond donors (Lipinski definition) is 2. The molecule has 1 aromatic heterocycles. The largest absolute Gasteiger partial charge is 0.369 e. The molecule has 2 N–H and O–H groups in total. The molecule has 0 spiro atoms. The van der Waals surface area contributed by atoms with Gasteiger partial charge in [-0.15, -0.1) is 0 Å². The molecule has 3 rings (SSSR count). The lowest BCUT2D eigenvalue weighted by atomic mass is 10.2. The van der Waals surface area contributed by atoms with Gasteiger partial charge in [-0.1, -0.05) is 0 Å². The number of hydrogen-bond acceptors (Lipinski definition) is 7.